The van der Waals surface area contributed by atoms with Gasteiger partial charge in [-0.25, -0.2) is 4.79 Å². The maximum Gasteiger partial charge on any atom is 0.340 e. The number of carboxylic acid groups (broad SMARTS) is 1. The molecule has 0 radical (unpaired) electrons. The SMILES string of the molecule is C/C=C/CCCCCC[C@@](C)(NC(=O)[C@H](Cc1ccccc1)NC(=O)[C@@H](NC(=O)[C@H](CC(C)C)NC(=O)CCCC(=O)c1ccc2c(c1)C(=O)OC21c2ccc(O)cc2Oc2cc(O)ccc21)[C@@H](C)O)C(=O)N[C@@H](CCC(=O)O)C(=O)N[C@@H](Cc1ccc(O)cc1)C(=O)C[C@@H](Cc1c[nH]c2ccccc12)C(=O)NC(C)C(=O)C(=O)[C@H](CCC(N)=O)NC. The number of H-pyrrole nitrogens is 1. The number of nitrogens with one attached hydrogen (secondary N) is 9. The van der Waals surface area contributed by atoms with Gasteiger partial charge in [-0.05, 0) is 164 Å². The number of phenolic OH excluding ortho intramolecular Hbond substituents is 3. The highest BCUT2D eigenvalue weighted by molar-refractivity contribution is 6.41. The van der Waals surface area contributed by atoms with Gasteiger partial charge in [-0.3, -0.25) is 62.3 Å². The molecule has 0 bridgehead atoms. The topological polar surface area (TPSA) is 497 Å². The molecule has 10 atom stereocenters. The smallest absolute Gasteiger partial charge is 0.340 e. The molecule has 0 aliphatic carbocycles. The van der Waals surface area contributed by atoms with Gasteiger partial charge in [-0.2, -0.15) is 0 Å². The Morgan fingerprint density at radius 3 is 1.84 bits per heavy atom. The lowest BCUT2D eigenvalue weighted by molar-refractivity contribution is -0.140. The van der Waals surface area contributed by atoms with Gasteiger partial charge in [0.15, 0.2) is 17.2 Å². The first-order valence-corrected chi connectivity index (χ1v) is 41.0. The standard InChI is InChI=1S/C91H108N10O21/c1-8-9-10-11-12-13-19-41-90(6,89(120)99-69(38-40-79(110)111)84(115)97-70(43-55-27-30-59(103)31-28-55)74(107)47-57(45-58-50-94-67-24-18-17-23-62(58)67)83(114)95-52(4)81(112)82(113)68(93-7)37-39-77(92)108)101-86(117)72(44-54-21-15-14-16-22-54)98-87(118)80(53(5)102)100-85(116)71(42-51(2)3)96-78(109)26-20-25-73(106)56-29-34-64-63(46-56)88(119)122-91(64)65-35-32-60(104)48-75(65)121-76-49-61(105)33-36-66(76)91/h8-9,14-18,21-24,27-36,46,48-53,57,68-72,80,93-94,102-105H,10-13,19-20,25-26,37-45,47H2,1-7H3,(H2,92,108)(H,95,114)(H,96,109)(H,97,115)(H,98,118)(H,99,120)(H,100,116)(H,101,117)(H,110,111)/b9-8+/t52?,53-,57-,68+,69+,70+,71+,72+,80+,90-/m1/s1. The molecule has 1 spiro atoms. The number of carboxylic acids is 1. The number of benzene rings is 6. The highest BCUT2D eigenvalue weighted by Crippen LogP contribution is 2.57. The Hall–Kier alpha value is -12.9. The van der Waals surface area contributed by atoms with Crippen molar-refractivity contribution in [2.24, 2.45) is 17.6 Å². The minimum Gasteiger partial charge on any atom is -0.508 e. The van der Waals surface area contributed by atoms with Crippen LogP contribution in [0.2, 0.25) is 0 Å². The Morgan fingerprint density at radius 2 is 1.20 bits per heavy atom. The van der Waals surface area contributed by atoms with E-state index in [2.05, 4.69) is 47.5 Å². The van der Waals surface area contributed by atoms with Crippen LogP contribution in [0.25, 0.3) is 10.9 Å². The number of ether oxygens (including phenoxy) is 2. The number of ketones is 4. The number of unbranched alkanes of at least 4 members (excludes halogenated alkanes) is 4. The maximum atomic E-state index is 15.4. The van der Waals surface area contributed by atoms with Crippen molar-refractivity contribution in [1.82, 2.24) is 47.5 Å². The van der Waals surface area contributed by atoms with E-state index in [4.69, 9.17) is 15.2 Å². The van der Waals surface area contributed by atoms with Crippen LogP contribution in [0.5, 0.6) is 28.7 Å². The molecule has 0 fully saturated rings. The second-order valence-corrected chi connectivity index (χ2v) is 31.8. The van der Waals surface area contributed by atoms with Crippen molar-refractivity contribution in [2.45, 2.75) is 217 Å². The van der Waals surface area contributed by atoms with Gasteiger partial charge in [0, 0.05) is 95.9 Å². The maximum absolute atomic E-state index is 15.4. The normalized spacial score (nSPS) is 15.1. The van der Waals surface area contributed by atoms with E-state index in [1.807, 2.05) is 19.1 Å². The molecule has 2 aliphatic rings. The number of phenols is 3. The molecule has 0 saturated heterocycles. The number of aromatic nitrogens is 1. The number of para-hydroxylation sites is 1. The van der Waals surface area contributed by atoms with E-state index in [0.717, 1.165) is 12.8 Å². The van der Waals surface area contributed by atoms with Crippen molar-refractivity contribution in [1.29, 1.82) is 0 Å². The molecule has 16 N–H and O–H groups in total. The number of fused-ring (bicyclic) bond motifs is 7. The molecule has 7 aromatic rings. The predicted octanol–water partition coefficient (Wildman–Crippen LogP) is 7.51. The van der Waals surface area contributed by atoms with Crippen molar-refractivity contribution in [3.63, 3.8) is 0 Å². The van der Waals surface area contributed by atoms with Gasteiger partial charge in [-0.15, -0.1) is 0 Å². The number of allylic oxidation sites excluding steroid dienone is 2. The number of esters is 1. The van der Waals surface area contributed by atoms with Crippen molar-refractivity contribution >= 4 is 93.2 Å². The molecule has 1 unspecified atom stereocenters. The van der Waals surface area contributed by atoms with E-state index in [0.29, 0.717) is 63.5 Å². The van der Waals surface area contributed by atoms with E-state index < -0.39 is 167 Å². The highest BCUT2D eigenvalue weighted by atomic mass is 16.6. The Bertz CT molecular complexity index is 4990. The molecule has 31 heteroatoms. The van der Waals surface area contributed by atoms with Crippen molar-refractivity contribution in [3.8, 4) is 28.7 Å². The van der Waals surface area contributed by atoms with E-state index in [1.54, 1.807) is 92.8 Å². The van der Waals surface area contributed by atoms with Crippen LogP contribution in [-0.2, 0) is 87.1 Å². The number of nitrogens with two attached hydrogens (primary N) is 1. The van der Waals surface area contributed by atoms with Crippen LogP contribution in [0.1, 0.15) is 192 Å². The van der Waals surface area contributed by atoms with Crippen LogP contribution in [0.4, 0.5) is 0 Å². The van der Waals surface area contributed by atoms with Crippen LogP contribution in [0.3, 0.4) is 0 Å². The summed E-state index contributed by atoms with van der Waals surface area (Å²) >= 11 is 0. The summed E-state index contributed by atoms with van der Waals surface area (Å²) in [4.78, 5) is 201. The summed E-state index contributed by atoms with van der Waals surface area (Å²) in [6.07, 6.45) is 3.48. The summed E-state index contributed by atoms with van der Waals surface area (Å²) in [7, 11) is 1.41. The van der Waals surface area contributed by atoms with Gasteiger partial charge in [0.2, 0.25) is 58.8 Å². The predicted molar refractivity (Wildman–Crippen MR) is 449 cm³/mol. The number of aliphatic carboxylic acids is 1. The first-order valence-electron chi connectivity index (χ1n) is 41.0. The molecule has 6 aromatic carbocycles. The van der Waals surface area contributed by atoms with Crippen molar-refractivity contribution in [3.05, 3.63) is 196 Å². The number of carbonyl (C=O) groups is 14. The molecule has 31 nitrogen and oxygen atoms in total. The molecule has 3 heterocycles. The first kappa shape index (κ1) is 93.0. The molecule has 122 heavy (non-hydrogen) atoms. The Labute approximate surface area is 705 Å². The number of hydrogen-bond donors (Lipinski definition) is 15. The fourth-order valence-corrected chi connectivity index (χ4v) is 15.2. The van der Waals surface area contributed by atoms with E-state index in [-0.39, 0.29) is 110 Å². The Kier molecular flexibility index (Phi) is 32.7. The number of rotatable bonds is 47. The minimum absolute atomic E-state index is 0.0207. The van der Waals surface area contributed by atoms with Gasteiger partial charge >= 0.3 is 11.9 Å². The van der Waals surface area contributed by atoms with Crippen LogP contribution in [0.15, 0.2) is 152 Å². The van der Waals surface area contributed by atoms with Gasteiger partial charge in [0.25, 0.3) is 0 Å². The minimum atomic E-state index is -1.99. The molecule has 2 aliphatic heterocycles. The van der Waals surface area contributed by atoms with Gasteiger partial charge < -0.3 is 88.3 Å². The van der Waals surface area contributed by atoms with Gasteiger partial charge in [0.1, 0.15) is 58.5 Å². The second kappa shape index (κ2) is 42.9. The fraction of sp³-hybridized carbons (Fsp3) is 0.407. The zero-order valence-corrected chi connectivity index (χ0v) is 69.3. The number of likely N-dealkylation sites (N-methyl/N-ethyl adjacent to an activating group) is 1. The number of carbonyl (C=O) groups excluding carboxylic acids is 13. The third-order valence-corrected chi connectivity index (χ3v) is 21.8. The number of aliphatic hydroxyl groups excluding tert-OH is 1. The summed E-state index contributed by atoms with van der Waals surface area (Å²) in [6, 6.07) is 23.7. The number of amides is 8. The lowest BCUT2D eigenvalue weighted by Gasteiger charge is -2.36. The summed E-state index contributed by atoms with van der Waals surface area (Å²) in [6.45, 7) is 9.34. The zero-order valence-electron chi connectivity index (χ0n) is 69.3. The number of Topliss-reactive ketones (excluding diaryl/α,β-unsaturated/α-hetero) is 4. The largest absolute Gasteiger partial charge is 0.508 e. The molecule has 9 rings (SSSR count). The monoisotopic (exact) mass is 1680 g/mol. The number of aromatic amines is 1. The van der Waals surface area contributed by atoms with E-state index in [9.17, 15) is 73.5 Å². The second-order valence-electron chi connectivity index (χ2n) is 31.8. The number of aliphatic hydroxyl groups is 1. The number of primary amides is 1. The third kappa shape index (κ3) is 24.4. The summed E-state index contributed by atoms with van der Waals surface area (Å²) < 4.78 is 12.2. The lowest BCUT2D eigenvalue weighted by Crippen LogP contribution is -2.65. The fourth-order valence-electron chi connectivity index (χ4n) is 15.2. The molecular weight excluding hydrogens is 1570 g/mol. The van der Waals surface area contributed by atoms with E-state index in [1.165, 1.54) is 88.5 Å². The van der Waals surface area contributed by atoms with E-state index >= 15 is 19.2 Å². The summed E-state index contributed by atoms with van der Waals surface area (Å²) in [5.74, 6) is -14.1. The van der Waals surface area contributed by atoms with Gasteiger partial charge in [-0.1, -0.05) is 118 Å². The Balaban J connectivity index is 0.916. The first-order chi connectivity index (χ1) is 58.1. The Morgan fingerprint density at radius 1 is 0.582 bits per heavy atom. The van der Waals surface area contributed by atoms with Crippen LogP contribution in [-0.4, -0.2) is 174 Å². The quantitative estimate of drug-likeness (QED) is 0.00576. The molecule has 8 amide bonds. The molecule has 0 saturated carbocycles. The van der Waals surface area contributed by atoms with Crippen LogP contribution >= 0.6 is 0 Å². The number of hydrogen-bond acceptors (Lipinski definition) is 21. The van der Waals surface area contributed by atoms with Crippen molar-refractivity contribution < 1.29 is 102 Å². The molecule has 648 valence electrons. The lowest BCUT2D eigenvalue weighted by atomic mass is 9.77. The molecule has 1 aromatic heterocycles. The average molecular weight is 1680 g/mol. The number of aromatic hydroxyl groups is 3. The third-order valence-electron chi connectivity index (χ3n) is 21.8. The highest BCUT2D eigenvalue weighted by Gasteiger charge is 2.54. The molecular formula is C91H108N10O21. The average Bonchev–Trinajstić information content (AvgIpc) is 1.46. The van der Waals surface area contributed by atoms with Crippen LogP contribution in [0, 0.1) is 11.8 Å². The van der Waals surface area contributed by atoms with Crippen LogP contribution < -0.4 is 53.0 Å². The zero-order chi connectivity index (χ0) is 88.7. The van der Waals surface area contributed by atoms with Crippen molar-refractivity contribution in [2.75, 3.05) is 7.05 Å². The summed E-state index contributed by atoms with van der Waals surface area (Å²) in [5.41, 5.74) is 5.27. The van der Waals surface area contributed by atoms with Gasteiger partial charge in [0.05, 0.1) is 29.8 Å². The summed E-state index contributed by atoms with van der Waals surface area (Å²) in [5, 5.41) is 74.6.